The normalized spacial score (nSPS) is 10.0. The van der Waals surface area contributed by atoms with Crippen molar-refractivity contribution in [1.29, 1.82) is 0 Å². The molecule has 9 heavy (non-hydrogen) atoms. The highest BCUT2D eigenvalue weighted by Crippen LogP contribution is 1.64. The molecule has 0 aromatic rings. The lowest BCUT2D eigenvalue weighted by atomic mass is 10.6. The second-order valence-electron chi connectivity index (χ2n) is 1.61. The molecule has 0 amide bonds. The first kappa shape index (κ1) is 8.84. The highest BCUT2D eigenvalue weighted by molar-refractivity contribution is 4.42. The van der Waals surface area contributed by atoms with E-state index in [0.717, 1.165) is 19.7 Å². The molecule has 0 saturated carbocycles. The number of nitrogens with two attached hydrogens (primary N) is 1. The first-order valence-corrected chi connectivity index (χ1v) is 2.93. The molecular weight excluding hydrogens is 120 g/mol. The highest BCUT2D eigenvalue weighted by atomic mass is 16.6. The Morgan fingerprint density at radius 2 is 2.00 bits per heavy atom. The van der Waals surface area contributed by atoms with Gasteiger partial charge < -0.3 is 14.9 Å². The van der Waals surface area contributed by atoms with Gasteiger partial charge in [0.25, 0.3) is 0 Å². The fourth-order valence-electron chi connectivity index (χ4n) is 0.430. The molecule has 0 unspecified atom stereocenters. The first-order valence-electron chi connectivity index (χ1n) is 2.93. The summed E-state index contributed by atoms with van der Waals surface area (Å²) in [5.41, 5.74) is 0. The van der Waals surface area contributed by atoms with E-state index in [4.69, 9.17) is 10.6 Å². The van der Waals surface area contributed by atoms with Crippen molar-refractivity contribution < 1.29 is 9.57 Å². The molecule has 0 spiro atoms. The van der Waals surface area contributed by atoms with E-state index < -0.39 is 0 Å². The number of nitrogens with one attached hydrogen (secondary N) is 1. The third kappa shape index (κ3) is 7.84. The highest BCUT2D eigenvalue weighted by Gasteiger charge is 1.83. The Morgan fingerprint density at radius 1 is 1.33 bits per heavy atom. The molecule has 4 nitrogen and oxygen atoms in total. The zero-order chi connectivity index (χ0) is 6.95. The van der Waals surface area contributed by atoms with Crippen molar-refractivity contribution in [3.8, 4) is 0 Å². The maximum atomic E-state index is 4.79. The van der Waals surface area contributed by atoms with Gasteiger partial charge >= 0.3 is 0 Å². The van der Waals surface area contributed by atoms with Crippen LogP contribution in [0.15, 0.2) is 0 Å². The Bertz CT molecular complexity index is 46.2. The van der Waals surface area contributed by atoms with Crippen LogP contribution < -0.4 is 11.2 Å². The van der Waals surface area contributed by atoms with Crippen LogP contribution in [0.5, 0.6) is 0 Å². The van der Waals surface area contributed by atoms with Crippen LogP contribution in [0.2, 0.25) is 0 Å². The maximum absolute atomic E-state index is 4.79. The van der Waals surface area contributed by atoms with Crippen LogP contribution in [-0.4, -0.2) is 33.4 Å². The summed E-state index contributed by atoms with van der Waals surface area (Å²) >= 11 is 0. The second kappa shape index (κ2) is 7.84. The fraction of sp³-hybridized carbons (Fsp3) is 1.00. The van der Waals surface area contributed by atoms with Crippen molar-refractivity contribution in [1.82, 2.24) is 5.32 Å². The van der Waals surface area contributed by atoms with E-state index in [1.165, 1.54) is 0 Å². The molecule has 0 saturated heterocycles. The molecule has 3 N–H and O–H groups in total. The lowest BCUT2D eigenvalue weighted by molar-refractivity contribution is 0.136. The largest absolute Gasteiger partial charge is 0.383 e. The van der Waals surface area contributed by atoms with Crippen LogP contribution in [0.3, 0.4) is 0 Å². The van der Waals surface area contributed by atoms with Crippen LogP contribution in [0, 0.1) is 0 Å². The molecule has 0 aliphatic rings. The third-order valence-corrected chi connectivity index (χ3v) is 0.880. The predicted molar refractivity (Wildman–Crippen MR) is 34.9 cm³/mol. The predicted octanol–water partition coefficient (Wildman–Crippen LogP) is -0.887. The van der Waals surface area contributed by atoms with Crippen LogP contribution >= 0.6 is 0 Å². The lowest BCUT2D eigenvalue weighted by Gasteiger charge is -2.00. The monoisotopic (exact) mass is 134 g/mol. The average Bonchev–Trinajstić information content (AvgIpc) is 1.89. The number of hydrogen-bond acceptors (Lipinski definition) is 4. The first-order chi connectivity index (χ1) is 4.41. The molecule has 4 heteroatoms. The summed E-state index contributed by atoms with van der Waals surface area (Å²) in [7, 11) is 1.67. The maximum Gasteiger partial charge on any atom is 0.0803 e. The minimum absolute atomic E-state index is 0.545. The summed E-state index contributed by atoms with van der Waals surface area (Å²) in [6.45, 7) is 2.90. The van der Waals surface area contributed by atoms with E-state index in [0.29, 0.717) is 6.61 Å². The van der Waals surface area contributed by atoms with Crippen molar-refractivity contribution in [2.75, 3.05) is 33.4 Å². The van der Waals surface area contributed by atoms with Gasteiger partial charge in [0.15, 0.2) is 0 Å². The van der Waals surface area contributed by atoms with Crippen molar-refractivity contribution in [3.05, 3.63) is 0 Å². The molecule has 0 aromatic carbocycles. The van der Waals surface area contributed by atoms with Crippen molar-refractivity contribution in [3.63, 3.8) is 0 Å². The minimum atomic E-state index is 0.545. The Kier molecular flexibility index (Phi) is 7.70. The number of ether oxygens (including phenoxy) is 1. The molecule has 0 rings (SSSR count). The summed E-state index contributed by atoms with van der Waals surface area (Å²) < 4.78 is 4.79. The van der Waals surface area contributed by atoms with Gasteiger partial charge in [0.1, 0.15) is 0 Å². The van der Waals surface area contributed by atoms with Crippen LogP contribution in [0.25, 0.3) is 0 Å². The topological polar surface area (TPSA) is 56.5 Å². The summed E-state index contributed by atoms with van der Waals surface area (Å²) in [6, 6.07) is 0. The van der Waals surface area contributed by atoms with Crippen LogP contribution in [0.4, 0.5) is 0 Å². The van der Waals surface area contributed by atoms with Crippen molar-refractivity contribution in [2.45, 2.75) is 0 Å². The molecule has 0 aromatic heterocycles. The average molecular weight is 134 g/mol. The van der Waals surface area contributed by atoms with Gasteiger partial charge in [-0.2, -0.15) is 0 Å². The van der Waals surface area contributed by atoms with Crippen molar-refractivity contribution in [2.24, 2.45) is 5.90 Å². The standard InChI is InChI=1S/C5H14N2O2/c1-8-4-2-7-3-5-9-6/h7H,2-6H2,1H3. The summed E-state index contributed by atoms with van der Waals surface area (Å²) in [6.07, 6.45) is 0. The molecule has 0 radical (unpaired) electrons. The van der Waals surface area contributed by atoms with Gasteiger partial charge in [-0.05, 0) is 0 Å². The molecule has 0 aliphatic heterocycles. The molecular formula is C5H14N2O2. The summed E-state index contributed by atoms with van der Waals surface area (Å²) in [4.78, 5) is 4.32. The lowest BCUT2D eigenvalue weighted by Crippen LogP contribution is -2.24. The van der Waals surface area contributed by atoms with Crippen LogP contribution in [0.1, 0.15) is 0 Å². The number of hydrogen-bond donors (Lipinski definition) is 2. The Labute approximate surface area is 55.3 Å². The van der Waals surface area contributed by atoms with Gasteiger partial charge in [-0.15, -0.1) is 0 Å². The van der Waals surface area contributed by atoms with E-state index >= 15 is 0 Å². The molecule has 0 fully saturated rings. The quantitative estimate of drug-likeness (QED) is 0.365. The van der Waals surface area contributed by atoms with Gasteiger partial charge in [0.2, 0.25) is 0 Å². The van der Waals surface area contributed by atoms with E-state index in [1.807, 2.05) is 0 Å². The van der Waals surface area contributed by atoms with Gasteiger partial charge in [-0.1, -0.05) is 0 Å². The summed E-state index contributed by atoms with van der Waals surface area (Å²) in [5.74, 6) is 4.77. The van der Waals surface area contributed by atoms with Gasteiger partial charge in [-0.25, -0.2) is 5.90 Å². The van der Waals surface area contributed by atoms with Crippen LogP contribution in [-0.2, 0) is 9.57 Å². The van der Waals surface area contributed by atoms with E-state index in [9.17, 15) is 0 Å². The van der Waals surface area contributed by atoms with Crippen molar-refractivity contribution >= 4 is 0 Å². The van der Waals surface area contributed by atoms with Gasteiger partial charge in [-0.3, -0.25) is 0 Å². The Balaban J connectivity index is 2.60. The van der Waals surface area contributed by atoms with Gasteiger partial charge in [0.05, 0.1) is 13.2 Å². The second-order valence-corrected chi connectivity index (χ2v) is 1.61. The minimum Gasteiger partial charge on any atom is -0.383 e. The zero-order valence-corrected chi connectivity index (χ0v) is 5.72. The Morgan fingerprint density at radius 3 is 2.56 bits per heavy atom. The third-order valence-electron chi connectivity index (χ3n) is 0.880. The zero-order valence-electron chi connectivity index (χ0n) is 5.72. The van der Waals surface area contributed by atoms with E-state index in [1.54, 1.807) is 7.11 Å². The molecule has 0 atom stereocenters. The molecule has 0 aliphatic carbocycles. The molecule has 0 heterocycles. The van der Waals surface area contributed by atoms with E-state index in [-0.39, 0.29) is 0 Å². The smallest absolute Gasteiger partial charge is 0.0803 e. The fourth-order valence-corrected chi connectivity index (χ4v) is 0.430. The summed E-state index contributed by atoms with van der Waals surface area (Å²) in [5, 5.41) is 3.06. The van der Waals surface area contributed by atoms with Gasteiger partial charge in [0, 0.05) is 20.2 Å². The number of methoxy groups -OCH3 is 1. The molecule has 56 valence electrons. The Hall–Kier alpha value is -0.160. The van der Waals surface area contributed by atoms with E-state index in [2.05, 4.69) is 10.2 Å². The number of rotatable bonds is 6. The molecule has 0 bridgehead atoms. The SMILES string of the molecule is COCCNCCON.